The molecule has 0 unspecified atom stereocenters. The maximum Gasteiger partial charge on any atom is 0.167 e. The topological polar surface area (TPSA) is 0 Å². The molecule has 3 heteroatoms. The van der Waals surface area contributed by atoms with Crippen molar-refractivity contribution in [3.8, 4) is 34.1 Å². The van der Waals surface area contributed by atoms with Gasteiger partial charge in [0.15, 0.2) is 11.6 Å². The number of aryl methyl sites for hydroxylation is 2. The van der Waals surface area contributed by atoms with Crippen LogP contribution in [0.4, 0.5) is 13.2 Å². The summed E-state index contributed by atoms with van der Waals surface area (Å²) >= 11 is 0. The van der Waals surface area contributed by atoms with Crippen molar-refractivity contribution in [2.75, 3.05) is 0 Å². The summed E-state index contributed by atoms with van der Waals surface area (Å²) in [7, 11) is 0. The highest BCUT2D eigenvalue weighted by Gasteiger charge is 2.33. The second-order valence-electron chi connectivity index (χ2n) is 6.80. The van der Waals surface area contributed by atoms with Crippen molar-refractivity contribution in [1.82, 2.24) is 0 Å². The van der Waals surface area contributed by atoms with E-state index in [-0.39, 0.29) is 16.7 Å². The van der Waals surface area contributed by atoms with Gasteiger partial charge in [-0.3, -0.25) is 0 Å². The predicted octanol–water partition coefficient (Wildman–Crippen LogP) is 6.41. The maximum absolute atomic E-state index is 14.9. The molecule has 134 valence electrons. The Morgan fingerprint density at radius 1 is 0.778 bits per heavy atom. The molecule has 1 aliphatic carbocycles. The summed E-state index contributed by atoms with van der Waals surface area (Å²) in [6, 6.07) is 12.5. The number of fused-ring (bicyclic) bond motifs is 4. The van der Waals surface area contributed by atoms with Crippen LogP contribution in [0.15, 0.2) is 42.5 Å². The SMILES string of the molecule is CCCc1cc2c(c(F)c1F)-c1c-2ccc(C#Cc2ccc(C)cc2)c1F. The Morgan fingerprint density at radius 2 is 1.48 bits per heavy atom. The molecular formula is C24H17F3. The van der Waals surface area contributed by atoms with Crippen LogP contribution in [0.3, 0.4) is 0 Å². The molecule has 0 radical (unpaired) electrons. The predicted molar refractivity (Wildman–Crippen MR) is 102 cm³/mol. The minimum Gasteiger partial charge on any atom is -0.205 e. The van der Waals surface area contributed by atoms with Crippen molar-refractivity contribution in [2.45, 2.75) is 26.7 Å². The molecule has 0 heterocycles. The molecule has 0 bridgehead atoms. The standard InChI is InChI=1S/C24H17F3/c1-3-4-17-13-19-18-12-11-16(10-9-15-7-5-14(2)6-8-15)22(25)20(18)21(19)24(27)23(17)26/h5-8,11-13H,3-4H2,1-2H3. The Bertz CT molecular complexity index is 1110. The van der Waals surface area contributed by atoms with Crippen LogP contribution in [0.2, 0.25) is 0 Å². The number of hydrogen-bond donors (Lipinski definition) is 0. The van der Waals surface area contributed by atoms with Crippen molar-refractivity contribution in [1.29, 1.82) is 0 Å². The molecule has 0 nitrogen and oxygen atoms in total. The molecule has 0 N–H and O–H groups in total. The Kier molecular flexibility index (Phi) is 4.28. The van der Waals surface area contributed by atoms with Gasteiger partial charge in [-0.1, -0.05) is 48.9 Å². The van der Waals surface area contributed by atoms with Crippen LogP contribution < -0.4 is 0 Å². The molecule has 3 aromatic carbocycles. The lowest BCUT2D eigenvalue weighted by molar-refractivity contribution is 0.499. The zero-order valence-corrected chi connectivity index (χ0v) is 15.1. The Morgan fingerprint density at radius 3 is 2.19 bits per heavy atom. The van der Waals surface area contributed by atoms with Crippen LogP contribution in [-0.4, -0.2) is 0 Å². The molecule has 0 aromatic heterocycles. The van der Waals surface area contributed by atoms with Crippen LogP contribution in [0.1, 0.15) is 35.6 Å². The van der Waals surface area contributed by atoms with E-state index in [4.69, 9.17) is 0 Å². The van der Waals surface area contributed by atoms with Crippen molar-refractivity contribution >= 4 is 0 Å². The second kappa shape index (κ2) is 6.63. The highest BCUT2D eigenvalue weighted by Crippen LogP contribution is 2.51. The largest absolute Gasteiger partial charge is 0.205 e. The van der Waals surface area contributed by atoms with E-state index in [0.29, 0.717) is 29.5 Å². The van der Waals surface area contributed by atoms with Crippen LogP contribution >= 0.6 is 0 Å². The van der Waals surface area contributed by atoms with Gasteiger partial charge >= 0.3 is 0 Å². The summed E-state index contributed by atoms with van der Waals surface area (Å²) in [6.07, 6.45) is 1.16. The lowest BCUT2D eigenvalue weighted by Gasteiger charge is -2.26. The highest BCUT2D eigenvalue weighted by atomic mass is 19.2. The molecule has 0 saturated heterocycles. The first-order valence-electron chi connectivity index (χ1n) is 8.94. The molecule has 0 fully saturated rings. The molecule has 27 heavy (non-hydrogen) atoms. The van der Waals surface area contributed by atoms with Gasteiger partial charge in [0.05, 0.1) is 5.56 Å². The Balaban J connectivity index is 1.76. The van der Waals surface area contributed by atoms with E-state index < -0.39 is 17.5 Å². The number of hydrogen-bond acceptors (Lipinski definition) is 0. The molecule has 0 amide bonds. The van der Waals surface area contributed by atoms with Crippen LogP contribution in [0.25, 0.3) is 22.3 Å². The molecule has 4 rings (SSSR count). The van der Waals surface area contributed by atoms with Gasteiger partial charge < -0.3 is 0 Å². The summed E-state index contributed by atoms with van der Waals surface area (Å²) < 4.78 is 43.7. The monoisotopic (exact) mass is 362 g/mol. The molecule has 1 aliphatic rings. The summed E-state index contributed by atoms with van der Waals surface area (Å²) in [5.41, 5.74) is 3.73. The van der Waals surface area contributed by atoms with Gasteiger partial charge in [-0.25, -0.2) is 13.2 Å². The summed E-state index contributed by atoms with van der Waals surface area (Å²) in [5, 5.41) is 0. The first-order chi connectivity index (χ1) is 13.0. The smallest absolute Gasteiger partial charge is 0.167 e. The third kappa shape index (κ3) is 2.82. The van der Waals surface area contributed by atoms with Gasteiger partial charge in [0.1, 0.15) is 5.82 Å². The van der Waals surface area contributed by atoms with Crippen molar-refractivity contribution in [2.24, 2.45) is 0 Å². The minimum atomic E-state index is -0.967. The van der Waals surface area contributed by atoms with Crippen LogP contribution in [0, 0.1) is 36.2 Å². The van der Waals surface area contributed by atoms with Crippen molar-refractivity contribution < 1.29 is 13.2 Å². The summed E-state index contributed by atoms with van der Waals surface area (Å²) in [6.45, 7) is 3.88. The molecule has 3 aromatic rings. The fraction of sp³-hybridized carbons (Fsp3) is 0.167. The number of rotatable bonds is 2. The van der Waals surface area contributed by atoms with E-state index >= 15 is 0 Å². The van der Waals surface area contributed by atoms with Gasteiger partial charge in [0.2, 0.25) is 0 Å². The lowest BCUT2D eigenvalue weighted by Crippen LogP contribution is -2.10. The quantitative estimate of drug-likeness (QED) is 0.361. The first-order valence-corrected chi connectivity index (χ1v) is 8.94. The first kappa shape index (κ1) is 17.4. The van der Waals surface area contributed by atoms with Gasteiger partial charge in [0, 0.05) is 16.7 Å². The van der Waals surface area contributed by atoms with Crippen LogP contribution in [0.5, 0.6) is 0 Å². The van der Waals surface area contributed by atoms with E-state index in [2.05, 4.69) is 11.8 Å². The highest BCUT2D eigenvalue weighted by molar-refractivity contribution is 6.03. The fourth-order valence-electron chi connectivity index (χ4n) is 3.44. The van der Waals surface area contributed by atoms with Gasteiger partial charge in [-0.15, -0.1) is 0 Å². The molecule has 0 aliphatic heterocycles. The molecule has 0 atom stereocenters. The average molecular weight is 362 g/mol. The summed E-state index contributed by atoms with van der Waals surface area (Å²) in [4.78, 5) is 0. The Labute approximate surface area is 156 Å². The second-order valence-corrected chi connectivity index (χ2v) is 6.80. The minimum absolute atomic E-state index is 0.0267. The van der Waals surface area contributed by atoms with E-state index in [1.54, 1.807) is 18.2 Å². The van der Waals surface area contributed by atoms with Gasteiger partial charge in [-0.05, 0) is 54.3 Å². The van der Waals surface area contributed by atoms with E-state index in [9.17, 15) is 13.2 Å². The third-order valence-electron chi connectivity index (χ3n) is 4.88. The lowest BCUT2D eigenvalue weighted by atomic mass is 9.77. The van der Waals surface area contributed by atoms with Gasteiger partial charge in [-0.2, -0.15) is 0 Å². The van der Waals surface area contributed by atoms with Crippen LogP contribution in [-0.2, 0) is 6.42 Å². The van der Waals surface area contributed by atoms with Crippen molar-refractivity contribution in [3.05, 3.63) is 82.2 Å². The summed E-state index contributed by atoms with van der Waals surface area (Å²) in [5.74, 6) is 3.28. The zero-order chi connectivity index (χ0) is 19.1. The number of halogens is 3. The van der Waals surface area contributed by atoms with Crippen molar-refractivity contribution in [3.63, 3.8) is 0 Å². The molecule has 0 spiro atoms. The number of benzene rings is 3. The van der Waals surface area contributed by atoms with Gasteiger partial charge in [0.25, 0.3) is 0 Å². The third-order valence-corrected chi connectivity index (χ3v) is 4.88. The van der Waals surface area contributed by atoms with E-state index in [1.165, 1.54) is 0 Å². The molecular weight excluding hydrogens is 345 g/mol. The Hall–Kier alpha value is -2.99. The normalized spacial score (nSPS) is 11.1. The molecule has 0 saturated carbocycles. The van der Waals surface area contributed by atoms with E-state index in [0.717, 1.165) is 11.1 Å². The maximum atomic E-state index is 14.9. The fourth-order valence-corrected chi connectivity index (χ4v) is 3.44. The zero-order valence-electron chi connectivity index (χ0n) is 15.1. The average Bonchev–Trinajstić information content (AvgIpc) is 2.65. The van der Waals surface area contributed by atoms with E-state index in [1.807, 2.05) is 38.1 Å².